The molecular weight excluding hydrogens is 344 g/mol. The zero-order chi connectivity index (χ0) is 18.1. The monoisotopic (exact) mass is 364 g/mol. The molecule has 2 aromatic rings. The number of rotatable bonds is 8. The summed E-state index contributed by atoms with van der Waals surface area (Å²) >= 11 is 5.80. The molecule has 0 radical (unpaired) electrons. The Morgan fingerprint density at radius 2 is 1.64 bits per heavy atom. The highest BCUT2D eigenvalue weighted by Crippen LogP contribution is 2.30. The van der Waals surface area contributed by atoms with Crippen LogP contribution in [0.3, 0.4) is 0 Å². The van der Waals surface area contributed by atoms with Gasteiger partial charge < -0.3 is 24.8 Å². The van der Waals surface area contributed by atoms with Crippen molar-refractivity contribution in [2.45, 2.75) is 13.8 Å². The van der Waals surface area contributed by atoms with E-state index < -0.39 is 0 Å². The van der Waals surface area contributed by atoms with Gasteiger partial charge in [0, 0.05) is 16.8 Å². The first kappa shape index (κ1) is 18.7. The third kappa shape index (κ3) is 6.08. The van der Waals surface area contributed by atoms with E-state index in [1.165, 1.54) is 0 Å². The molecule has 0 heterocycles. The number of ether oxygens (including phenoxy) is 3. The number of carbonyl (C=O) groups excluding carboxylic acids is 1. The third-order valence-electron chi connectivity index (χ3n) is 3.09. The number of carbonyl (C=O) groups is 1. The zero-order valence-corrected chi connectivity index (χ0v) is 14.9. The standard InChI is InChI=1S/C18H21ClN2O4/c1-3-23-16-10-7-14(11-17(16)24-4-2)21-18(22)20-12-25-15-8-5-13(19)6-9-15/h5-11H,3-4,12H2,1-2H3,(H2,20,21,22). The number of hydrogen-bond donors (Lipinski definition) is 2. The van der Waals surface area contributed by atoms with Crippen molar-refractivity contribution in [1.29, 1.82) is 0 Å². The lowest BCUT2D eigenvalue weighted by Gasteiger charge is -2.13. The smallest absolute Gasteiger partial charge is 0.321 e. The van der Waals surface area contributed by atoms with Crippen molar-refractivity contribution < 1.29 is 19.0 Å². The fourth-order valence-electron chi connectivity index (χ4n) is 2.02. The molecule has 0 saturated carbocycles. The maximum atomic E-state index is 11.9. The van der Waals surface area contributed by atoms with E-state index in [9.17, 15) is 4.79 Å². The average Bonchev–Trinajstić information content (AvgIpc) is 2.59. The molecule has 7 heteroatoms. The van der Waals surface area contributed by atoms with Crippen LogP contribution in [0.25, 0.3) is 0 Å². The van der Waals surface area contributed by atoms with E-state index in [-0.39, 0.29) is 12.8 Å². The van der Waals surface area contributed by atoms with Crippen molar-refractivity contribution in [2.24, 2.45) is 0 Å². The number of amides is 2. The van der Waals surface area contributed by atoms with Gasteiger partial charge in [-0.1, -0.05) is 11.6 Å². The molecule has 0 fully saturated rings. The SMILES string of the molecule is CCOc1ccc(NC(=O)NCOc2ccc(Cl)cc2)cc1OCC. The summed E-state index contributed by atoms with van der Waals surface area (Å²) in [5.74, 6) is 1.84. The predicted molar refractivity (Wildman–Crippen MR) is 97.9 cm³/mol. The summed E-state index contributed by atoms with van der Waals surface area (Å²) in [5, 5.41) is 5.95. The Bertz CT molecular complexity index is 692. The van der Waals surface area contributed by atoms with Gasteiger partial charge in [0.1, 0.15) is 5.75 Å². The molecule has 0 bridgehead atoms. The summed E-state index contributed by atoms with van der Waals surface area (Å²) < 4.78 is 16.4. The molecule has 0 aliphatic carbocycles. The van der Waals surface area contributed by atoms with Crippen LogP contribution in [-0.2, 0) is 0 Å². The highest BCUT2D eigenvalue weighted by molar-refractivity contribution is 6.30. The van der Waals surface area contributed by atoms with Gasteiger partial charge in [0.25, 0.3) is 0 Å². The summed E-state index contributed by atoms with van der Waals surface area (Å²) in [6.07, 6.45) is 0. The molecule has 0 aliphatic heterocycles. The molecular formula is C18H21ClN2O4. The number of nitrogens with one attached hydrogen (secondary N) is 2. The molecule has 0 unspecified atom stereocenters. The minimum absolute atomic E-state index is 0.0306. The lowest BCUT2D eigenvalue weighted by atomic mass is 10.2. The van der Waals surface area contributed by atoms with E-state index in [0.717, 1.165) is 0 Å². The Balaban J connectivity index is 1.86. The second-order valence-corrected chi connectivity index (χ2v) is 5.34. The van der Waals surface area contributed by atoms with Crippen LogP contribution >= 0.6 is 11.6 Å². The van der Waals surface area contributed by atoms with Crippen LogP contribution < -0.4 is 24.8 Å². The van der Waals surface area contributed by atoms with Gasteiger partial charge in [-0.2, -0.15) is 0 Å². The van der Waals surface area contributed by atoms with Gasteiger partial charge in [0.05, 0.1) is 13.2 Å². The first-order chi connectivity index (χ1) is 12.1. The van der Waals surface area contributed by atoms with Gasteiger partial charge in [-0.25, -0.2) is 4.79 Å². The van der Waals surface area contributed by atoms with E-state index in [0.29, 0.717) is 41.2 Å². The Hall–Kier alpha value is -2.60. The molecule has 2 rings (SSSR count). The number of hydrogen-bond acceptors (Lipinski definition) is 4. The molecule has 0 aliphatic rings. The summed E-state index contributed by atoms with van der Waals surface area (Å²) in [6, 6.07) is 11.7. The van der Waals surface area contributed by atoms with Gasteiger partial charge in [-0.05, 0) is 50.2 Å². The molecule has 6 nitrogen and oxygen atoms in total. The predicted octanol–water partition coefficient (Wildman–Crippen LogP) is 4.30. The van der Waals surface area contributed by atoms with Crippen molar-refractivity contribution >= 4 is 23.3 Å². The van der Waals surface area contributed by atoms with Gasteiger partial charge >= 0.3 is 6.03 Å². The molecule has 0 spiro atoms. The molecule has 0 atom stereocenters. The number of benzene rings is 2. The maximum absolute atomic E-state index is 11.9. The van der Waals surface area contributed by atoms with Crippen LogP contribution in [-0.4, -0.2) is 26.0 Å². The lowest BCUT2D eigenvalue weighted by Crippen LogP contribution is -2.32. The molecule has 2 amide bonds. The van der Waals surface area contributed by atoms with Crippen molar-refractivity contribution in [1.82, 2.24) is 5.32 Å². The van der Waals surface area contributed by atoms with Crippen LogP contribution in [0, 0.1) is 0 Å². The summed E-state index contributed by atoms with van der Waals surface area (Å²) in [5.41, 5.74) is 0.593. The molecule has 2 aromatic carbocycles. The maximum Gasteiger partial charge on any atom is 0.321 e. The van der Waals surface area contributed by atoms with Crippen LogP contribution in [0.2, 0.25) is 5.02 Å². The minimum Gasteiger partial charge on any atom is -0.490 e. The van der Waals surface area contributed by atoms with Crippen LogP contribution in [0.4, 0.5) is 10.5 Å². The molecule has 25 heavy (non-hydrogen) atoms. The Kier molecular flexibility index (Phi) is 7.22. The highest BCUT2D eigenvalue weighted by Gasteiger charge is 2.08. The summed E-state index contributed by atoms with van der Waals surface area (Å²) in [7, 11) is 0. The normalized spacial score (nSPS) is 10.0. The van der Waals surface area contributed by atoms with Gasteiger partial charge in [0.2, 0.25) is 0 Å². The van der Waals surface area contributed by atoms with Gasteiger partial charge in [0.15, 0.2) is 18.2 Å². The van der Waals surface area contributed by atoms with E-state index in [4.69, 9.17) is 25.8 Å². The zero-order valence-electron chi connectivity index (χ0n) is 14.2. The van der Waals surface area contributed by atoms with E-state index in [2.05, 4.69) is 10.6 Å². The first-order valence-electron chi connectivity index (χ1n) is 7.95. The van der Waals surface area contributed by atoms with Crippen LogP contribution in [0.5, 0.6) is 17.2 Å². The van der Waals surface area contributed by atoms with Crippen molar-refractivity contribution in [3.63, 3.8) is 0 Å². The van der Waals surface area contributed by atoms with Crippen molar-refractivity contribution in [3.8, 4) is 17.2 Å². The largest absolute Gasteiger partial charge is 0.490 e. The summed E-state index contributed by atoms with van der Waals surface area (Å²) in [4.78, 5) is 11.9. The molecule has 0 aromatic heterocycles. The van der Waals surface area contributed by atoms with Gasteiger partial charge in [-0.15, -0.1) is 0 Å². The highest BCUT2D eigenvalue weighted by atomic mass is 35.5. The van der Waals surface area contributed by atoms with Crippen LogP contribution in [0.15, 0.2) is 42.5 Å². The Morgan fingerprint density at radius 3 is 2.32 bits per heavy atom. The Labute approximate surface area is 152 Å². The molecule has 2 N–H and O–H groups in total. The fourth-order valence-corrected chi connectivity index (χ4v) is 2.15. The fraction of sp³-hybridized carbons (Fsp3) is 0.278. The number of halogens is 1. The third-order valence-corrected chi connectivity index (χ3v) is 3.34. The number of urea groups is 1. The molecule has 0 saturated heterocycles. The van der Waals surface area contributed by atoms with Crippen molar-refractivity contribution in [3.05, 3.63) is 47.5 Å². The molecule has 134 valence electrons. The second kappa shape index (κ2) is 9.64. The summed E-state index contributed by atoms with van der Waals surface area (Å²) in [6.45, 7) is 4.86. The topological polar surface area (TPSA) is 68.8 Å². The first-order valence-corrected chi connectivity index (χ1v) is 8.33. The Morgan fingerprint density at radius 1 is 0.960 bits per heavy atom. The minimum atomic E-state index is -0.388. The van der Waals surface area contributed by atoms with Crippen molar-refractivity contribution in [2.75, 3.05) is 25.3 Å². The number of anilines is 1. The van der Waals surface area contributed by atoms with Gasteiger partial charge in [-0.3, -0.25) is 0 Å². The average molecular weight is 365 g/mol. The second-order valence-electron chi connectivity index (χ2n) is 4.90. The van der Waals surface area contributed by atoms with E-state index in [1.54, 1.807) is 42.5 Å². The lowest BCUT2D eigenvalue weighted by molar-refractivity contribution is 0.234. The quantitative estimate of drug-likeness (QED) is 0.685. The van der Waals surface area contributed by atoms with E-state index >= 15 is 0 Å². The van der Waals surface area contributed by atoms with E-state index in [1.807, 2.05) is 13.8 Å². The van der Waals surface area contributed by atoms with Crippen LogP contribution in [0.1, 0.15) is 13.8 Å².